The molecule has 28 heavy (non-hydrogen) atoms. The lowest BCUT2D eigenvalue weighted by Crippen LogP contribution is -2.45. The zero-order chi connectivity index (χ0) is 20.2. The van der Waals surface area contributed by atoms with Gasteiger partial charge in [-0.3, -0.25) is 4.57 Å². The summed E-state index contributed by atoms with van der Waals surface area (Å²) in [5.41, 5.74) is 1.54. The number of benzene rings is 2. The molecule has 0 spiro atoms. The molecule has 3 atom stereocenters. The summed E-state index contributed by atoms with van der Waals surface area (Å²) in [5.74, 6) is 0. The maximum Gasteiger partial charge on any atom is 0.282 e. The van der Waals surface area contributed by atoms with Crippen LogP contribution >= 0.6 is 7.52 Å². The molecule has 1 aliphatic rings. The molecule has 3 rings (SSSR count). The van der Waals surface area contributed by atoms with Crippen LogP contribution in [0.4, 0.5) is 0 Å². The van der Waals surface area contributed by atoms with E-state index < -0.39 is 7.52 Å². The van der Waals surface area contributed by atoms with Gasteiger partial charge in [0.05, 0.1) is 25.0 Å². The fourth-order valence-corrected chi connectivity index (χ4v) is 7.01. The second-order valence-electron chi connectivity index (χ2n) is 8.49. The molecule has 1 aliphatic heterocycles. The second-order valence-corrected chi connectivity index (χ2v) is 10.9. The molecule has 1 unspecified atom stereocenters. The van der Waals surface area contributed by atoms with Crippen LogP contribution in [0.15, 0.2) is 60.7 Å². The first-order valence-electron chi connectivity index (χ1n) is 10.0. The van der Waals surface area contributed by atoms with E-state index >= 15 is 0 Å². The normalized spacial score (nSPS) is 24.8. The third-order valence-electron chi connectivity index (χ3n) is 5.15. The molecule has 0 bridgehead atoms. The van der Waals surface area contributed by atoms with Crippen molar-refractivity contribution in [3.05, 3.63) is 71.8 Å². The Labute approximate surface area is 169 Å². The average Bonchev–Trinajstić information content (AvgIpc) is 2.65. The minimum Gasteiger partial charge on any atom is -0.376 e. The first-order chi connectivity index (χ1) is 13.3. The maximum atomic E-state index is 14.4. The number of ether oxygens (including phenoxy) is 1. The highest BCUT2D eigenvalue weighted by Crippen LogP contribution is 2.67. The number of hydrogen-bond donors (Lipinski definition) is 0. The van der Waals surface area contributed by atoms with Crippen molar-refractivity contribution in [2.45, 2.75) is 58.0 Å². The van der Waals surface area contributed by atoms with Crippen molar-refractivity contribution < 1.29 is 13.8 Å². The van der Waals surface area contributed by atoms with E-state index in [1.54, 1.807) is 0 Å². The third-order valence-corrected chi connectivity index (χ3v) is 8.52. The van der Waals surface area contributed by atoms with E-state index in [1.165, 1.54) is 0 Å². The van der Waals surface area contributed by atoms with Crippen LogP contribution in [0, 0.1) is 0 Å². The van der Waals surface area contributed by atoms with Crippen LogP contribution in [-0.4, -0.2) is 29.5 Å². The SMILES string of the molecule is C[C@H]1CCN(C(C)(C)C)P(=O)([C@H](COCc2ccccc2)c2ccccc2)O1. The van der Waals surface area contributed by atoms with Crippen molar-refractivity contribution >= 4 is 7.52 Å². The van der Waals surface area contributed by atoms with Crippen molar-refractivity contribution in [1.82, 2.24) is 4.67 Å². The predicted molar refractivity (Wildman–Crippen MR) is 115 cm³/mol. The van der Waals surface area contributed by atoms with Gasteiger partial charge in [0.2, 0.25) is 0 Å². The number of rotatable bonds is 6. The van der Waals surface area contributed by atoms with Gasteiger partial charge in [0.15, 0.2) is 0 Å². The summed E-state index contributed by atoms with van der Waals surface area (Å²) in [5, 5.41) is 0. The molecule has 1 fully saturated rings. The largest absolute Gasteiger partial charge is 0.376 e. The van der Waals surface area contributed by atoms with E-state index in [1.807, 2.05) is 67.6 Å². The smallest absolute Gasteiger partial charge is 0.282 e. The lowest BCUT2D eigenvalue weighted by Gasteiger charge is -2.48. The lowest BCUT2D eigenvalue weighted by atomic mass is 10.1. The van der Waals surface area contributed by atoms with Crippen molar-refractivity contribution in [2.75, 3.05) is 13.2 Å². The van der Waals surface area contributed by atoms with Crippen LogP contribution in [0.1, 0.15) is 50.9 Å². The summed E-state index contributed by atoms with van der Waals surface area (Å²) in [6, 6.07) is 20.1. The van der Waals surface area contributed by atoms with Crippen molar-refractivity contribution in [3.63, 3.8) is 0 Å². The molecule has 0 amide bonds. The minimum atomic E-state index is -3.15. The standard InChI is InChI=1S/C23H32NO3P/c1-19-15-16-24(23(2,3)4)28(25,27-19)22(21-13-9-6-10-14-21)18-26-17-20-11-7-5-8-12-20/h5-14,19,22H,15-18H2,1-4H3/t19-,22+,28?/m0/s1. The number of hydrogen-bond acceptors (Lipinski definition) is 3. The fraction of sp³-hybridized carbons (Fsp3) is 0.478. The highest BCUT2D eigenvalue weighted by Gasteiger charge is 2.49. The van der Waals surface area contributed by atoms with Gasteiger partial charge in [0.25, 0.3) is 7.52 Å². The van der Waals surface area contributed by atoms with E-state index in [2.05, 4.69) is 25.4 Å². The number of nitrogens with zero attached hydrogens (tertiary/aromatic N) is 1. The minimum absolute atomic E-state index is 0.0234. The van der Waals surface area contributed by atoms with Gasteiger partial charge in [0, 0.05) is 12.1 Å². The van der Waals surface area contributed by atoms with E-state index in [9.17, 15) is 4.57 Å². The lowest BCUT2D eigenvalue weighted by molar-refractivity contribution is 0.0769. The van der Waals surface area contributed by atoms with Gasteiger partial charge in [-0.2, -0.15) is 0 Å². The highest BCUT2D eigenvalue weighted by atomic mass is 31.2. The predicted octanol–water partition coefficient (Wildman–Crippen LogP) is 6.05. The fourth-order valence-electron chi connectivity index (χ4n) is 3.72. The van der Waals surface area contributed by atoms with Crippen LogP contribution in [0.3, 0.4) is 0 Å². The van der Waals surface area contributed by atoms with Gasteiger partial charge in [-0.15, -0.1) is 0 Å². The average molecular weight is 401 g/mol. The molecule has 0 radical (unpaired) electrons. The van der Waals surface area contributed by atoms with Gasteiger partial charge in [0.1, 0.15) is 0 Å². The molecule has 1 heterocycles. The molecule has 0 aromatic heterocycles. The molecule has 2 aromatic rings. The Morgan fingerprint density at radius 1 is 1.11 bits per heavy atom. The first-order valence-corrected chi connectivity index (χ1v) is 11.7. The Morgan fingerprint density at radius 2 is 1.71 bits per heavy atom. The van der Waals surface area contributed by atoms with E-state index in [0.717, 1.165) is 24.1 Å². The molecule has 2 aromatic carbocycles. The summed E-state index contributed by atoms with van der Waals surface area (Å²) in [7, 11) is -3.15. The van der Waals surface area contributed by atoms with Gasteiger partial charge in [-0.25, -0.2) is 4.67 Å². The summed E-state index contributed by atoms with van der Waals surface area (Å²) < 4.78 is 28.8. The Balaban J connectivity index is 1.89. The molecule has 0 aliphatic carbocycles. The van der Waals surface area contributed by atoms with Crippen LogP contribution in [0.2, 0.25) is 0 Å². The van der Waals surface area contributed by atoms with Crippen LogP contribution in [-0.2, 0) is 20.4 Å². The maximum absolute atomic E-state index is 14.4. The molecular weight excluding hydrogens is 369 g/mol. The summed E-state index contributed by atoms with van der Waals surface area (Å²) in [6.45, 7) is 9.94. The zero-order valence-electron chi connectivity index (χ0n) is 17.4. The van der Waals surface area contributed by atoms with Crippen LogP contribution in [0.25, 0.3) is 0 Å². The molecule has 152 valence electrons. The third kappa shape index (κ3) is 4.93. The zero-order valence-corrected chi connectivity index (χ0v) is 18.3. The first kappa shape index (κ1) is 21.3. The quantitative estimate of drug-likeness (QED) is 0.553. The summed E-state index contributed by atoms with van der Waals surface area (Å²) >= 11 is 0. The van der Waals surface area contributed by atoms with Crippen molar-refractivity contribution in [2.24, 2.45) is 0 Å². The Hall–Kier alpha value is -1.45. The molecule has 5 heteroatoms. The Kier molecular flexibility index (Phi) is 6.77. The molecular formula is C23H32NO3P. The Morgan fingerprint density at radius 3 is 2.32 bits per heavy atom. The van der Waals surface area contributed by atoms with Gasteiger partial charge < -0.3 is 9.26 Å². The molecule has 0 N–H and O–H groups in total. The van der Waals surface area contributed by atoms with E-state index in [-0.39, 0.29) is 17.3 Å². The summed E-state index contributed by atoms with van der Waals surface area (Å²) in [4.78, 5) is 0. The molecule has 4 nitrogen and oxygen atoms in total. The molecule has 1 saturated heterocycles. The van der Waals surface area contributed by atoms with Gasteiger partial charge in [-0.05, 0) is 45.2 Å². The topological polar surface area (TPSA) is 38.8 Å². The van der Waals surface area contributed by atoms with Crippen molar-refractivity contribution in [1.29, 1.82) is 0 Å². The second kappa shape index (κ2) is 8.92. The van der Waals surface area contributed by atoms with Crippen LogP contribution in [0.5, 0.6) is 0 Å². The highest BCUT2D eigenvalue weighted by molar-refractivity contribution is 7.57. The van der Waals surface area contributed by atoms with E-state index in [0.29, 0.717) is 13.2 Å². The Bertz CT molecular complexity index is 788. The van der Waals surface area contributed by atoms with Gasteiger partial charge in [-0.1, -0.05) is 60.7 Å². The van der Waals surface area contributed by atoms with Gasteiger partial charge >= 0.3 is 0 Å². The van der Waals surface area contributed by atoms with Crippen LogP contribution < -0.4 is 0 Å². The van der Waals surface area contributed by atoms with E-state index in [4.69, 9.17) is 9.26 Å². The summed E-state index contributed by atoms with van der Waals surface area (Å²) in [6.07, 6.45) is 0.859. The monoisotopic (exact) mass is 401 g/mol. The molecule has 0 saturated carbocycles. The van der Waals surface area contributed by atoms with Crippen molar-refractivity contribution in [3.8, 4) is 0 Å².